The Morgan fingerprint density at radius 3 is 2.94 bits per heavy atom. The van der Waals surface area contributed by atoms with E-state index in [1.54, 1.807) is 0 Å². The quantitative estimate of drug-likeness (QED) is 0.867. The molecule has 0 aliphatic carbocycles. The van der Waals surface area contributed by atoms with Crippen LogP contribution >= 0.6 is 27.3 Å². The smallest absolute Gasteiger partial charge is 0.319 e. The highest BCUT2D eigenvalue weighted by atomic mass is 79.9. The van der Waals surface area contributed by atoms with E-state index in [-0.39, 0.29) is 25.2 Å². The third-order valence-electron chi connectivity index (χ3n) is 2.86. The number of aliphatic carboxylic acids is 1. The number of rotatable bonds is 3. The van der Waals surface area contributed by atoms with E-state index in [1.807, 2.05) is 11.4 Å². The first-order valence-electron chi connectivity index (χ1n) is 5.12. The second-order valence-electron chi connectivity index (χ2n) is 4.02. The van der Waals surface area contributed by atoms with Gasteiger partial charge in [0.2, 0.25) is 0 Å². The Balaban J connectivity index is 2.28. The lowest BCUT2D eigenvalue weighted by Gasteiger charge is -2.31. The molecule has 1 aliphatic heterocycles. The predicted molar refractivity (Wildman–Crippen MR) is 66.2 cm³/mol. The molecule has 1 aromatic rings. The standard InChI is InChI=1S/C11H11BrO4S/c12-7-3-8(17-5-7)4-11(10(14)15)6-16-2-1-9(11)13/h3,5H,1-2,4,6H2,(H,14,15). The number of Topliss-reactive ketones (excluding diaryl/α,β-unsaturated/α-hetero) is 1. The van der Waals surface area contributed by atoms with Gasteiger partial charge in [-0.15, -0.1) is 11.3 Å². The van der Waals surface area contributed by atoms with Crippen molar-refractivity contribution in [1.29, 1.82) is 0 Å². The summed E-state index contributed by atoms with van der Waals surface area (Å²) in [6.07, 6.45) is 0.385. The van der Waals surface area contributed by atoms with Gasteiger partial charge >= 0.3 is 5.97 Å². The lowest BCUT2D eigenvalue weighted by atomic mass is 9.78. The van der Waals surface area contributed by atoms with Crippen LogP contribution in [0.25, 0.3) is 0 Å². The molecular formula is C11H11BrO4S. The largest absolute Gasteiger partial charge is 0.480 e. The summed E-state index contributed by atoms with van der Waals surface area (Å²) < 4.78 is 6.09. The Bertz CT molecular complexity index is 456. The van der Waals surface area contributed by atoms with Crippen molar-refractivity contribution in [3.8, 4) is 0 Å². The summed E-state index contributed by atoms with van der Waals surface area (Å²) >= 11 is 4.76. The molecule has 6 heteroatoms. The Kier molecular flexibility index (Phi) is 3.65. The lowest BCUT2D eigenvalue weighted by molar-refractivity contribution is -0.164. The molecule has 0 aromatic carbocycles. The van der Waals surface area contributed by atoms with Gasteiger partial charge in [0.15, 0.2) is 11.2 Å². The molecule has 0 amide bonds. The normalized spacial score (nSPS) is 24.9. The van der Waals surface area contributed by atoms with E-state index in [2.05, 4.69) is 15.9 Å². The highest BCUT2D eigenvalue weighted by Crippen LogP contribution is 2.33. The molecule has 17 heavy (non-hydrogen) atoms. The summed E-state index contributed by atoms with van der Waals surface area (Å²) in [5, 5.41) is 11.2. The van der Waals surface area contributed by atoms with Crippen molar-refractivity contribution >= 4 is 39.0 Å². The van der Waals surface area contributed by atoms with Crippen LogP contribution in [-0.4, -0.2) is 30.1 Å². The van der Waals surface area contributed by atoms with Crippen molar-refractivity contribution in [1.82, 2.24) is 0 Å². The highest BCUT2D eigenvalue weighted by Gasteiger charge is 2.48. The molecule has 1 saturated heterocycles. The van der Waals surface area contributed by atoms with Crippen LogP contribution in [0.4, 0.5) is 0 Å². The Morgan fingerprint density at radius 1 is 1.65 bits per heavy atom. The van der Waals surface area contributed by atoms with Crippen LogP contribution in [0.3, 0.4) is 0 Å². The number of ketones is 1. The van der Waals surface area contributed by atoms with Crippen molar-refractivity contribution in [2.24, 2.45) is 5.41 Å². The second kappa shape index (κ2) is 4.88. The molecule has 4 nitrogen and oxygen atoms in total. The van der Waals surface area contributed by atoms with Crippen molar-refractivity contribution in [2.45, 2.75) is 12.8 Å². The van der Waals surface area contributed by atoms with Crippen LogP contribution in [0, 0.1) is 5.41 Å². The fourth-order valence-electron chi connectivity index (χ4n) is 1.88. The molecule has 2 heterocycles. The first-order chi connectivity index (χ1) is 8.04. The van der Waals surface area contributed by atoms with Gasteiger partial charge in [-0.1, -0.05) is 0 Å². The molecule has 0 saturated carbocycles. The van der Waals surface area contributed by atoms with Crippen molar-refractivity contribution < 1.29 is 19.4 Å². The molecule has 0 radical (unpaired) electrons. The van der Waals surface area contributed by atoms with E-state index in [9.17, 15) is 14.7 Å². The molecule has 1 fully saturated rings. The molecular weight excluding hydrogens is 308 g/mol. The zero-order valence-electron chi connectivity index (χ0n) is 8.94. The summed E-state index contributed by atoms with van der Waals surface area (Å²) in [6, 6.07) is 1.84. The van der Waals surface area contributed by atoms with Crippen molar-refractivity contribution in [3.05, 3.63) is 20.8 Å². The fraction of sp³-hybridized carbons (Fsp3) is 0.455. The molecule has 1 aromatic heterocycles. The summed E-state index contributed by atoms with van der Waals surface area (Å²) in [7, 11) is 0. The molecule has 1 atom stereocenters. The van der Waals surface area contributed by atoms with E-state index in [0.717, 1.165) is 9.35 Å². The van der Waals surface area contributed by atoms with Crippen LogP contribution in [0.2, 0.25) is 0 Å². The summed E-state index contributed by atoms with van der Waals surface area (Å²) in [5.41, 5.74) is -1.40. The predicted octanol–water partition coefficient (Wildman–Crippen LogP) is 2.11. The molecule has 1 aliphatic rings. The molecule has 0 bridgehead atoms. The maximum atomic E-state index is 11.9. The Morgan fingerprint density at radius 2 is 2.41 bits per heavy atom. The lowest BCUT2D eigenvalue weighted by Crippen LogP contribution is -2.48. The van der Waals surface area contributed by atoms with Gasteiger partial charge < -0.3 is 9.84 Å². The van der Waals surface area contributed by atoms with Gasteiger partial charge in [-0.05, 0) is 22.0 Å². The number of carbonyl (C=O) groups is 2. The number of carbonyl (C=O) groups excluding carboxylic acids is 1. The van der Waals surface area contributed by atoms with Crippen LogP contribution in [0.5, 0.6) is 0 Å². The van der Waals surface area contributed by atoms with Crippen LogP contribution in [0.1, 0.15) is 11.3 Å². The third-order valence-corrected chi connectivity index (χ3v) is 4.56. The van der Waals surface area contributed by atoms with Gasteiger partial charge in [0.25, 0.3) is 0 Å². The van der Waals surface area contributed by atoms with E-state index in [0.29, 0.717) is 6.61 Å². The van der Waals surface area contributed by atoms with Gasteiger partial charge in [-0.2, -0.15) is 0 Å². The number of ether oxygens (including phenoxy) is 1. The zero-order chi connectivity index (χ0) is 12.5. The van der Waals surface area contributed by atoms with Gasteiger partial charge in [-0.25, -0.2) is 0 Å². The van der Waals surface area contributed by atoms with Crippen molar-refractivity contribution in [3.63, 3.8) is 0 Å². The number of hydrogen-bond donors (Lipinski definition) is 1. The number of halogens is 1. The molecule has 2 rings (SSSR count). The average molecular weight is 319 g/mol. The third kappa shape index (κ3) is 2.43. The first-order valence-corrected chi connectivity index (χ1v) is 6.79. The minimum atomic E-state index is -1.40. The molecule has 1 unspecified atom stereocenters. The first kappa shape index (κ1) is 12.7. The SMILES string of the molecule is O=C(O)C1(Cc2cc(Br)cs2)COCCC1=O. The van der Waals surface area contributed by atoms with Crippen LogP contribution in [0.15, 0.2) is 15.9 Å². The highest BCUT2D eigenvalue weighted by molar-refractivity contribution is 9.10. The van der Waals surface area contributed by atoms with Crippen molar-refractivity contribution in [2.75, 3.05) is 13.2 Å². The number of carboxylic acid groups (broad SMARTS) is 1. The number of carboxylic acids is 1. The summed E-state index contributed by atoms with van der Waals surface area (Å²) in [6.45, 7) is 0.290. The molecule has 92 valence electrons. The number of hydrogen-bond acceptors (Lipinski definition) is 4. The fourth-order valence-corrected chi connectivity index (χ4v) is 3.45. The molecule has 0 spiro atoms. The van der Waals surface area contributed by atoms with Crippen LogP contribution in [-0.2, 0) is 20.7 Å². The van der Waals surface area contributed by atoms with E-state index in [4.69, 9.17) is 4.74 Å². The Labute approximate surface area is 111 Å². The second-order valence-corrected chi connectivity index (χ2v) is 5.93. The van der Waals surface area contributed by atoms with E-state index in [1.165, 1.54) is 11.3 Å². The van der Waals surface area contributed by atoms with Gasteiger partial charge in [0.05, 0.1) is 13.2 Å². The van der Waals surface area contributed by atoms with Gasteiger partial charge in [0.1, 0.15) is 0 Å². The Hall–Kier alpha value is -0.720. The summed E-state index contributed by atoms with van der Waals surface area (Å²) in [4.78, 5) is 24.2. The van der Waals surface area contributed by atoms with E-state index >= 15 is 0 Å². The zero-order valence-corrected chi connectivity index (χ0v) is 11.3. The summed E-state index contributed by atoms with van der Waals surface area (Å²) in [5.74, 6) is -1.33. The maximum absolute atomic E-state index is 11.9. The maximum Gasteiger partial charge on any atom is 0.319 e. The average Bonchev–Trinajstić information content (AvgIpc) is 2.67. The van der Waals surface area contributed by atoms with Gasteiger partial charge in [-0.3, -0.25) is 9.59 Å². The van der Waals surface area contributed by atoms with Gasteiger partial charge in [0, 0.05) is 27.6 Å². The van der Waals surface area contributed by atoms with Crippen LogP contribution < -0.4 is 0 Å². The number of thiophene rings is 1. The van der Waals surface area contributed by atoms with E-state index < -0.39 is 11.4 Å². The minimum Gasteiger partial charge on any atom is -0.480 e. The topological polar surface area (TPSA) is 63.6 Å². The monoisotopic (exact) mass is 318 g/mol. The minimum absolute atomic E-state index is 0.0311. The molecule has 1 N–H and O–H groups in total.